The number of piperidine rings is 1. The predicted octanol–water partition coefficient (Wildman–Crippen LogP) is 1.70. The van der Waals surface area contributed by atoms with Crippen LogP contribution in [-0.4, -0.2) is 34.3 Å². The minimum absolute atomic E-state index is 0.0341. The minimum Gasteiger partial charge on any atom is -0.388 e. The van der Waals surface area contributed by atoms with Crippen LogP contribution in [0.2, 0.25) is 0 Å². The number of benzene rings is 1. The number of rotatable bonds is 4. The first-order valence-corrected chi connectivity index (χ1v) is 8.28. The number of aliphatic hydroxyl groups excluding tert-OH is 1. The van der Waals surface area contributed by atoms with E-state index < -0.39 is 12.0 Å². The normalized spacial score (nSPS) is 22.3. The summed E-state index contributed by atoms with van der Waals surface area (Å²) in [7, 11) is 0. The fourth-order valence-electron chi connectivity index (χ4n) is 3.68. The molecule has 2 aromatic rings. The molecule has 1 amide bonds. The standard InChI is InChI=1S/C18H23N3O3/c1-11-8-15(14-4-2-3-5-16(14)20-11)18(23)13-6-7-19-10-12(13)9-17(22)21-24/h2-5,8,12-13,18-19,23-24H,6-7,9-10H2,1H3,(H,21,22)/t12-,13?,18?/m0/s1. The summed E-state index contributed by atoms with van der Waals surface area (Å²) in [6.45, 7) is 3.37. The van der Waals surface area contributed by atoms with Crippen molar-refractivity contribution in [2.75, 3.05) is 13.1 Å². The number of carbonyl (C=O) groups excluding carboxylic acids is 1. The van der Waals surface area contributed by atoms with Crippen LogP contribution in [0.15, 0.2) is 30.3 Å². The van der Waals surface area contributed by atoms with Crippen LogP contribution in [0.4, 0.5) is 0 Å². The third-order valence-corrected chi connectivity index (χ3v) is 4.84. The molecule has 1 aromatic carbocycles. The summed E-state index contributed by atoms with van der Waals surface area (Å²) in [5.41, 5.74) is 4.28. The molecule has 0 aliphatic carbocycles. The van der Waals surface area contributed by atoms with Crippen LogP contribution in [0.25, 0.3) is 10.9 Å². The molecule has 1 fully saturated rings. The first-order valence-electron chi connectivity index (χ1n) is 8.28. The van der Waals surface area contributed by atoms with Gasteiger partial charge in [-0.25, -0.2) is 5.48 Å². The Bertz CT molecular complexity index is 735. The number of aromatic nitrogens is 1. The molecule has 24 heavy (non-hydrogen) atoms. The quantitative estimate of drug-likeness (QED) is 0.506. The molecule has 0 radical (unpaired) electrons. The van der Waals surface area contributed by atoms with Gasteiger partial charge in [0, 0.05) is 17.5 Å². The molecule has 1 aliphatic heterocycles. The Morgan fingerprint density at radius 3 is 3.04 bits per heavy atom. The molecule has 6 nitrogen and oxygen atoms in total. The lowest BCUT2D eigenvalue weighted by atomic mass is 9.77. The topological polar surface area (TPSA) is 94.5 Å². The Morgan fingerprint density at radius 2 is 2.25 bits per heavy atom. The highest BCUT2D eigenvalue weighted by atomic mass is 16.5. The second kappa shape index (κ2) is 7.25. The van der Waals surface area contributed by atoms with E-state index in [1.54, 1.807) is 5.48 Å². The average Bonchev–Trinajstić information content (AvgIpc) is 2.60. The third kappa shape index (κ3) is 3.40. The van der Waals surface area contributed by atoms with Gasteiger partial charge in [-0.3, -0.25) is 15.0 Å². The van der Waals surface area contributed by atoms with E-state index in [0.29, 0.717) is 6.54 Å². The van der Waals surface area contributed by atoms with Crippen molar-refractivity contribution in [3.8, 4) is 0 Å². The van der Waals surface area contributed by atoms with E-state index in [9.17, 15) is 9.90 Å². The minimum atomic E-state index is -0.671. The first-order chi connectivity index (χ1) is 11.6. The van der Waals surface area contributed by atoms with E-state index in [0.717, 1.165) is 35.1 Å². The van der Waals surface area contributed by atoms with Crippen molar-refractivity contribution in [3.05, 3.63) is 41.6 Å². The summed E-state index contributed by atoms with van der Waals surface area (Å²) >= 11 is 0. The molecule has 1 aromatic heterocycles. The molecule has 3 atom stereocenters. The van der Waals surface area contributed by atoms with Gasteiger partial charge in [0.2, 0.25) is 5.91 Å². The van der Waals surface area contributed by atoms with Crippen LogP contribution in [0.3, 0.4) is 0 Å². The van der Waals surface area contributed by atoms with E-state index in [4.69, 9.17) is 5.21 Å². The van der Waals surface area contributed by atoms with Gasteiger partial charge >= 0.3 is 0 Å². The van der Waals surface area contributed by atoms with Crippen LogP contribution in [-0.2, 0) is 4.79 Å². The number of carbonyl (C=O) groups is 1. The Balaban J connectivity index is 1.94. The number of aryl methyl sites for hydroxylation is 1. The number of hydroxylamine groups is 1. The number of amides is 1. The molecule has 4 N–H and O–H groups in total. The largest absolute Gasteiger partial charge is 0.388 e. The average molecular weight is 329 g/mol. The van der Waals surface area contributed by atoms with Crippen LogP contribution < -0.4 is 10.8 Å². The molecule has 1 aliphatic rings. The molecule has 3 rings (SSSR count). The molecule has 0 spiro atoms. The number of nitrogens with zero attached hydrogens (tertiary/aromatic N) is 1. The van der Waals surface area contributed by atoms with Gasteiger partial charge in [-0.2, -0.15) is 0 Å². The molecule has 2 unspecified atom stereocenters. The van der Waals surface area contributed by atoms with E-state index in [1.165, 1.54) is 0 Å². The van der Waals surface area contributed by atoms with Crippen LogP contribution >= 0.6 is 0 Å². The van der Waals surface area contributed by atoms with E-state index >= 15 is 0 Å². The highest BCUT2D eigenvalue weighted by Crippen LogP contribution is 2.37. The second-order valence-corrected chi connectivity index (χ2v) is 6.47. The van der Waals surface area contributed by atoms with Gasteiger partial charge in [0.05, 0.1) is 11.6 Å². The van der Waals surface area contributed by atoms with Crippen LogP contribution in [0.5, 0.6) is 0 Å². The molecule has 128 valence electrons. The first kappa shape index (κ1) is 16.8. The number of fused-ring (bicyclic) bond motifs is 1. The lowest BCUT2D eigenvalue weighted by molar-refractivity contribution is -0.131. The van der Waals surface area contributed by atoms with Crippen LogP contribution in [0, 0.1) is 18.8 Å². The lowest BCUT2D eigenvalue weighted by Crippen LogP contribution is -2.41. The van der Waals surface area contributed by atoms with Crippen molar-refractivity contribution >= 4 is 16.8 Å². The summed E-state index contributed by atoms with van der Waals surface area (Å²) in [6, 6.07) is 9.71. The van der Waals surface area contributed by atoms with E-state index in [1.807, 2.05) is 37.3 Å². The van der Waals surface area contributed by atoms with Gasteiger partial charge in [0.25, 0.3) is 0 Å². The Labute approximate surface area is 140 Å². The van der Waals surface area contributed by atoms with E-state index in [-0.39, 0.29) is 18.3 Å². The monoisotopic (exact) mass is 329 g/mol. The Hall–Kier alpha value is -2.02. The molecular formula is C18H23N3O3. The lowest BCUT2D eigenvalue weighted by Gasteiger charge is -2.35. The summed E-state index contributed by atoms with van der Waals surface area (Å²) in [6.07, 6.45) is 0.295. The summed E-state index contributed by atoms with van der Waals surface area (Å²) < 4.78 is 0. The highest BCUT2D eigenvalue weighted by Gasteiger charge is 2.33. The molecule has 2 heterocycles. The Kier molecular flexibility index (Phi) is 5.08. The fraction of sp³-hybridized carbons (Fsp3) is 0.444. The summed E-state index contributed by atoms with van der Waals surface area (Å²) in [5, 5.41) is 24.1. The maximum absolute atomic E-state index is 11.6. The van der Waals surface area contributed by atoms with Gasteiger partial charge < -0.3 is 10.4 Å². The summed E-state index contributed by atoms with van der Waals surface area (Å²) in [5.74, 6) is -0.501. The molecule has 0 saturated carbocycles. The number of pyridine rings is 1. The molecule has 0 bridgehead atoms. The second-order valence-electron chi connectivity index (χ2n) is 6.47. The number of nitrogens with one attached hydrogen (secondary N) is 2. The number of para-hydroxylation sites is 1. The fourth-order valence-corrected chi connectivity index (χ4v) is 3.68. The zero-order valence-electron chi connectivity index (χ0n) is 13.7. The molecule has 1 saturated heterocycles. The third-order valence-electron chi connectivity index (χ3n) is 4.84. The van der Waals surface area contributed by atoms with Crippen molar-refractivity contribution in [2.45, 2.75) is 25.9 Å². The van der Waals surface area contributed by atoms with Gasteiger partial charge in [-0.05, 0) is 56.0 Å². The number of hydrogen-bond donors (Lipinski definition) is 4. The van der Waals surface area contributed by atoms with Crippen LogP contribution in [0.1, 0.15) is 30.2 Å². The van der Waals surface area contributed by atoms with Gasteiger partial charge in [0.1, 0.15) is 0 Å². The SMILES string of the molecule is Cc1cc(C(O)C2CCNC[C@@H]2CC(=O)NO)c2ccccc2n1. The molecule has 6 heteroatoms. The smallest absolute Gasteiger partial charge is 0.243 e. The molecular weight excluding hydrogens is 306 g/mol. The zero-order chi connectivity index (χ0) is 17.1. The van der Waals surface area contributed by atoms with Crippen molar-refractivity contribution in [3.63, 3.8) is 0 Å². The van der Waals surface area contributed by atoms with Crippen molar-refractivity contribution in [1.82, 2.24) is 15.8 Å². The maximum atomic E-state index is 11.6. The highest BCUT2D eigenvalue weighted by molar-refractivity contribution is 5.82. The number of aliphatic hydroxyl groups is 1. The van der Waals surface area contributed by atoms with E-state index in [2.05, 4.69) is 10.3 Å². The predicted molar refractivity (Wildman–Crippen MR) is 90.5 cm³/mol. The number of hydrogen-bond acceptors (Lipinski definition) is 5. The Morgan fingerprint density at radius 1 is 1.46 bits per heavy atom. The van der Waals surface area contributed by atoms with Gasteiger partial charge in [-0.1, -0.05) is 18.2 Å². The van der Waals surface area contributed by atoms with Gasteiger partial charge in [-0.15, -0.1) is 0 Å². The van der Waals surface area contributed by atoms with Gasteiger partial charge in [0.15, 0.2) is 0 Å². The summed E-state index contributed by atoms with van der Waals surface area (Å²) in [4.78, 5) is 16.1. The van der Waals surface area contributed by atoms with Crippen molar-refractivity contribution in [1.29, 1.82) is 0 Å². The van der Waals surface area contributed by atoms with Crippen molar-refractivity contribution in [2.24, 2.45) is 11.8 Å². The van der Waals surface area contributed by atoms with Crippen molar-refractivity contribution < 1.29 is 15.1 Å². The maximum Gasteiger partial charge on any atom is 0.243 e. The zero-order valence-corrected chi connectivity index (χ0v) is 13.7.